The van der Waals surface area contributed by atoms with Gasteiger partial charge in [0.15, 0.2) is 5.43 Å². The summed E-state index contributed by atoms with van der Waals surface area (Å²) in [5.74, 6) is -0.362. The van der Waals surface area contributed by atoms with Crippen LogP contribution in [0.4, 0.5) is 10.2 Å². The summed E-state index contributed by atoms with van der Waals surface area (Å²) in [5.41, 5.74) is 0.747. The van der Waals surface area contributed by atoms with Crippen molar-refractivity contribution in [1.82, 2.24) is 4.57 Å². The molecule has 0 radical (unpaired) electrons. The lowest BCUT2D eigenvalue weighted by Crippen LogP contribution is -2.21. The molecule has 0 unspecified atom stereocenters. The van der Waals surface area contributed by atoms with Crippen LogP contribution in [-0.4, -0.2) is 10.5 Å². The number of fused-ring (bicyclic) bond motifs is 1. The first-order valence-electron chi connectivity index (χ1n) is 8.71. The quantitative estimate of drug-likeness (QED) is 0.736. The molecular weight excluding hydrogens is 331 g/mol. The van der Waals surface area contributed by atoms with Gasteiger partial charge in [0.05, 0.1) is 11.1 Å². The number of aryl methyl sites for hydroxylation is 1. The van der Waals surface area contributed by atoms with E-state index in [1.807, 2.05) is 19.1 Å². The molecule has 0 aliphatic rings. The minimum Gasteiger partial charge on any atom is -0.330 e. The molecule has 0 bridgehead atoms. The van der Waals surface area contributed by atoms with E-state index in [1.165, 1.54) is 6.07 Å². The fourth-order valence-corrected chi connectivity index (χ4v) is 3.08. The Morgan fingerprint density at radius 2 is 1.81 bits per heavy atom. The van der Waals surface area contributed by atoms with Crippen molar-refractivity contribution >= 4 is 22.6 Å². The van der Waals surface area contributed by atoms with E-state index in [2.05, 4.69) is 5.32 Å². The molecule has 5 heteroatoms. The molecule has 0 atom stereocenters. The second kappa shape index (κ2) is 7.52. The third-order valence-electron chi connectivity index (χ3n) is 4.47. The van der Waals surface area contributed by atoms with Gasteiger partial charge >= 0.3 is 0 Å². The van der Waals surface area contributed by atoms with E-state index >= 15 is 0 Å². The highest BCUT2D eigenvalue weighted by Crippen LogP contribution is 2.30. The van der Waals surface area contributed by atoms with E-state index in [0.717, 1.165) is 12.8 Å². The maximum Gasteiger partial charge on any atom is 0.225 e. The number of anilines is 1. The average Bonchev–Trinajstić information content (AvgIpc) is 2.65. The molecule has 1 amide bonds. The summed E-state index contributed by atoms with van der Waals surface area (Å²) < 4.78 is 16.2. The summed E-state index contributed by atoms with van der Waals surface area (Å²) in [6.07, 6.45) is 2.00. The van der Waals surface area contributed by atoms with Crippen molar-refractivity contribution in [2.24, 2.45) is 7.05 Å². The van der Waals surface area contributed by atoms with Crippen LogP contribution in [0.5, 0.6) is 0 Å². The molecule has 0 spiro atoms. The summed E-state index contributed by atoms with van der Waals surface area (Å²) >= 11 is 0. The first kappa shape index (κ1) is 17.9. The average molecular weight is 352 g/mol. The van der Waals surface area contributed by atoms with Crippen LogP contribution in [-0.2, 0) is 11.8 Å². The number of hydrogen-bond acceptors (Lipinski definition) is 2. The highest BCUT2D eigenvalue weighted by atomic mass is 19.1. The second-order valence-corrected chi connectivity index (χ2v) is 6.26. The Morgan fingerprint density at radius 3 is 2.54 bits per heavy atom. The zero-order valence-corrected chi connectivity index (χ0v) is 14.9. The molecule has 0 aliphatic heterocycles. The Kier molecular flexibility index (Phi) is 5.16. The second-order valence-electron chi connectivity index (χ2n) is 6.26. The SMILES string of the molecule is CCCCC(=O)Nc1c(-c2ccccc2F)c(=O)c2ccccc2n1C. The lowest BCUT2D eigenvalue weighted by molar-refractivity contribution is -0.116. The number of carbonyl (C=O) groups is 1. The van der Waals surface area contributed by atoms with E-state index in [4.69, 9.17) is 0 Å². The molecule has 2 aromatic carbocycles. The van der Waals surface area contributed by atoms with Crippen LogP contribution in [0.15, 0.2) is 53.3 Å². The fraction of sp³-hybridized carbons (Fsp3) is 0.238. The summed E-state index contributed by atoms with van der Waals surface area (Å²) in [6.45, 7) is 2.00. The van der Waals surface area contributed by atoms with Crippen molar-refractivity contribution in [3.63, 3.8) is 0 Å². The van der Waals surface area contributed by atoms with Gasteiger partial charge in [0.2, 0.25) is 5.91 Å². The molecule has 134 valence electrons. The number of carbonyl (C=O) groups excluding carboxylic acids is 1. The van der Waals surface area contributed by atoms with Crippen LogP contribution in [0.1, 0.15) is 26.2 Å². The molecule has 4 nitrogen and oxygen atoms in total. The van der Waals surface area contributed by atoms with Gasteiger partial charge in [-0.3, -0.25) is 9.59 Å². The summed E-state index contributed by atoms with van der Waals surface area (Å²) in [5, 5.41) is 3.32. The number of hydrogen-bond donors (Lipinski definition) is 1. The number of para-hydroxylation sites is 1. The zero-order chi connectivity index (χ0) is 18.7. The standard InChI is InChI=1S/C21H21FN2O2/c1-3-4-13-18(25)23-21-19(14-9-5-7-11-16(14)22)20(26)15-10-6-8-12-17(15)24(21)2/h5-12H,3-4,13H2,1-2H3,(H,23,25). The Bertz CT molecular complexity index is 1020. The number of nitrogens with zero attached hydrogens (tertiary/aromatic N) is 1. The van der Waals surface area contributed by atoms with Crippen molar-refractivity contribution in [3.8, 4) is 11.1 Å². The summed E-state index contributed by atoms with van der Waals surface area (Å²) in [4.78, 5) is 25.4. The van der Waals surface area contributed by atoms with Gasteiger partial charge in [-0.1, -0.05) is 43.7 Å². The van der Waals surface area contributed by atoms with Crippen LogP contribution >= 0.6 is 0 Å². The minimum atomic E-state index is -0.496. The molecule has 3 aromatic rings. The molecule has 1 N–H and O–H groups in total. The van der Waals surface area contributed by atoms with Gasteiger partial charge in [-0.2, -0.15) is 0 Å². The largest absolute Gasteiger partial charge is 0.330 e. The van der Waals surface area contributed by atoms with E-state index in [1.54, 1.807) is 41.9 Å². The van der Waals surface area contributed by atoms with Crippen LogP contribution in [0, 0.1) is 5.82 Å². The lowest BCUT2D eigenvalue weighted by atomic mass is 10.0. The Labute approximate surface area is 151 Å². The van der Waals surface area contributed by atoms with Gasteiger partial charge in [0.1, 0.15) is 11.6 Å². The Balaban J connectivity index is 2.28. The van der Waals surface area contributed by atoms with Crippen molar-refractivity contribution in [2.45, 2.75) is 26.2 Å². The predicted octanol–water partition coefficient (Wildman–Crippen LogP) is 4.47. The highest BCUT2D eigenvalue weighted by Gasteiger charge is 2.20. The number of unbranched alkanes of at least 4 members (excludes halogenated alkanes) is 1. The Morgan fingerprint density at radius 1 is 1.12 bits per heavy atom. The summed E-state index contributed by atoms with van der Waals surface area (Å²) in [6, 6.07) is 13.2. The number of halogens is 1. The molecular formula is C21H21FN2O2. The molecule has 1 aromatic heterocycles. The molecule has 0 saturated carbocycles. The normalized spacial score (nSPS) is 10.9. The van der Waals surface area contributed by atoms with Crippen molar-refractivity contribution in [1.29, 1.82) is 0 Å². The van der Waals surface area contributed by atoms with Gasteiger partial charge in [-0.25, -0.2) is 4.39 Å². The highest BCUT2D eigenvalue weighted by molar-refractivity contribution is 5.98. The van der Waals surface area contributed by atoms with Gasteiger partial charge < -0.3 is 9.88 Å². The maximum absolute atomic E-state index is 14.4. The van der Waals surface area contributed by atoms with Crippen LogP contribution < -0.4 is 10.7 Å². The smallest absolute Gasteiger partial charge is 0.225 e. The number of amides is 1. The minimum absolute atomic E-state index is 0.175. The topological polar surface area (TPSA) is 51.1 Å². The van der Waals surface area contributed by atoms with Gasteiger partial charge in [0.25, 0.3) is 0 Å². The first-order chi connectivity index (χ1) is 12.5. The van der Waals surface area contributed by atoms with Gasteiger partial charge in [0, 0.05) is 24.4 Å². The molecule has 26 heavy (non-hydrogen) atoms. The number of nitrogens with one attached hydrogen (secondary N) is 1. The van der Waals surface area contributed by atoms with Crippen LogP contribution in [0.2, 0.25) is 0 Å². The molecule has 3 rings (SSSR count). The summed E-state index contributed by atoms with van der Waals surface area (Å²) in [7, 11) is 1.77. The van der Waals surface area contributed by atoms with Crippen LogP contribution in [0.3, 0.4) is 0 Å². The predicted molar refractivity (Wildman–Crippen MR) is 103 cm³/mol. The van der Waals surface area contributed by atoms with Crippen molar-refractivity contribution < 1.29 is 9.18 Å². The van der Waals surface area contributed by atoms with E-state index in [-0.39, 0.29) is 22.5 Å². The third kappa shape index (κ3) is 3.25. The number of rotatable bonds is 5. The zero-order valence-electron chi connectivity index (χ0n) is 14.9. The van der Waals surface area contributed by atoms with E-state index in [9.17, 15) is 14.0 Å². The molecule has 0 saturated heterocycles. The monoisotopic (exact) mass is 352 g/mol. The molecule has 1 heterocycles. The molecule has 0 fully saturated rings. The van der Waals surface area contributed by atoms with E-state index in [0.29, 0.717) is 23.1 Å². The van der Waals surface area contributed by atoms with Crippen molar-refractivity contribution in [2.75, 3.05) is 5.32 Å². The number of pyridine rings is 1. The third-order valence-corrected chi connectivity index (χ3v) is 4.47. The maximum atomic E-state index is 14.4. The fourth-order valence-electron chi connectivity index (χ4n) is 3.08. The molecule has 0 aliphatic carbocycles. The van der Waals surface area contributed by atoms with Crippen LogP contribution in [0.25, 0.3) is 22.0 Å². The van der Waals surface area contributed by atoms with Crippen molar-refractivity contribution in [3.05, 3.63) is 64.6 Å². The van der Waals surface area contributed by atoms with E-state index < -0.39 is 5.82 Å². The number of aromatic nitrogens is 1. The lowest BCUT2D eigenvalue weighted by Gasteiger charge is -2.18. The Hall–Kier alpha value is -2.95. The first-order valence-corrected chi connectivity index (χ1v) is 8.71. The number of benzene rings is 2. The van der Waals surface area contributed by atoms with Gasteiger partial charge in [-0.15, -0.1) is 0 Å². The van der Waals surface area contributed by atoms with Gasteiger partial charge in [-0.05, 0) is 24.6 Å².